The Bertz CT molecular complexity index is 1570. The molecule has 1 aliphatic heterocycles. The number of nitrogens with zero attached hydrogens (tertiary/aromatic N) is 3. The Hall–Kier alpha value is -4.23. The lowest BCUT2D eigenvalue weighted by atomic mass is 9.92. The molecule has 2 atom stereocenters. The number of H-pyrrole nitrogens is 1. The molecule has 1 aromatic heterocycles. The minimum absolute atomic E-state index is 0.0395. The van der Waals surface area contributed by atoms with Crippen molar-refractivity contribution in [1.82, 2.24) is 15.1 Å². The Kier molecular flexibility index (Phi) is 5.46. The number of primary amides is 1. The van der Waals surface area contributed by atoms with Crippen molar-refractivity contribution >= 4 is 40.6 Å². The van der Waals surface area contributed by atoms with Crippen molar-refractivity contribution in [3.05, 3.63) is 94.7 Å². The highest BCUT2D eigenvalue weighted by Crippen LogP contribution is 2.66. The normalized spacial score (nSPS) is 20.5. The first-order valence-electron chi connectivity index (χ1n) is 12.5. The van der Waals surface area contributed by atoms with Crippen LogP contribution < -0.4 is 10.6 Å². The number of hydrogen-bond acceptors (Lipinski definition) is 4. The molecule has 6 rings (SSSR count). The van der Waals surface area contributed by atoms with Crippen LogP contribution >= 0.6 is 0 Å². The van der Waals surface area contributed by atoms with Crippen LogP contribution in [0.25, 0.3) is 23.1 Å². The predicted octanol–water partition coefficient (Wildman–Crippen LogP) is 4.05. The summed E-state index contributed by atoms with van der Waals surface area (Å²) in [6.07, 6.45) is 4.83. The van der Waals surface area contributed by atoms with E-state index in [1.165, 1.54) is 5.56 Å². The summed E-state index contributed by atoms with van der Waals surface area (Å²) in [5, 5.41) is 8.74. The minimum atomic E-state index is -0.625. The van der Waals surface area contributed by atoms with Gasteiger partial charge in [0.15, 0.2) is 0 Å². The lowest BCUT2D eigenvalue weighted by Crippen LogP contribution is -2.39. The van der Waals surface area contributed by atoms with Crippen LogP contribution in [-0.4, -0.2) is 47.6 Å². The van der Waals surface area contributed by atoms with E-state index in [0.717, 1.165) is 45.5 Å². The molecule has 186 valence electrons. The average molecular weight is 492 g/mol. The molecule has 2 amide bonds. The molecular weight excluding hydrogens is 462 g/mol. The molecule has 0 bridgehead atoms. The zero-order valence-corrected chi connectivity index (χ0v) is 20.9. The number of amides is 2. The highest BCUT2D eigenvalue weighted by Gasteiger charge is 2.67. The molecule has 1 saturated carbocycles. The second kappa shape index (κ2) is 8.71. The smallest absolute Gasteiger partial charge is 0.238 e. The van der Waals surface area contributed by atoms with Gasteiger partial charge in [-0.2, -0.15) is 5.10 Å². The van der Waals surface area contributed by atoms with Gasteiger partial charge in [-0.15, -0.1) is 0 Å². The van der Waals surface area contributed by atoms with Gasteiger partial charge in [0, 0.05) is 23.5 Å². The number of aromatic nitrogens is 2. The summed E-state index contributed by atoms with van der Waals surface area (Å²) in [6, 6.07) is 22.5. The third kappa shape index (κ3) is 3.92. The molecule has 7 nitrogen and oxygen atoms in total. The van der Waals surface area contributed by atoms with Crippen molar-refractivity contribution in [1.29, 1.82) is 0 Å². The van der Waals surface area contributed by atoms with Crippen LogP contribution in [-0.2, 0) is 21.5 Å². The first-order valence-corrected chi connectivity index (χ1v) is 12.5. The summed E-state index contributed by atoms with van der Waals surface area (Å²) in [7, 11) is 4.13. The van der Waals surface area contributed by atoms with Crippen molar-refractivity contribution in [2.24, 2.45) is 5.73 Å². The third-order valence-corrected chi connectivity index (χ3v) is 7.48. The van der Waals surface area contributed by atoms with E-state index in [-0.39, 0.29) is 18.4 Å². The van der Waals surface area contributed by atoms with Gasteiger partial charge in [-0.1, -0.05) is 60.7 Å². The van der Waals surface area contributed by atoms with Gasteiger partial charge < -0.3 is 15.5 Å². The molecule has 2 heterocycles. The van der Waals surface area contributed by atoms with Gasteiger partial charge >= 0.3 is 0 Å². The first kappa shape index (κ1) is 23.2. The van der Waals surface area contributed by atoms with E-state index in [9.17, 15) is 9.59 Å². The van der Waals surface area contributed by atoms with E-state index >= 15 is 0 Å². The lowest BCUT2D eigenvalue weighted by Gasteiger charge is -2.16. The van der Waals surface area contributed by atoms with E-state index in [4.69, 9.17) is 5.73 Å². The SMILES string of the molecule is CN(C)Cc1cccc(C=Cc2n[nH]c3cc([C@@H]4C[C@@]45C(=O)N(CC(N)=O)c4ccccc45)ccc23)c1. The van der Waals surface area contributed by atoms with Gasteiger partial charge in [0.25, 0.3) is 0 Å². The average Bonchev–Trinajstić information content (AvgIpc) is 3.44. The Morgan fingerprint density at radius 2 is 1.97 bits per heavy atom. The van der Waals surface area contributed by atoms with E-state index in [1.807, 2.05) is 30.3 Å². The maximum atomic E-state index is 13.5. The summed E-state index contributed by atoms with van der Waals surface area (Å²) in [4.78, 5) is 28.9. The largest absolute Gasteiger partial charge is 0.368 e. The summed E-state index contributed by atoms with van der Waals surface area (Å²) in [5.74, 6) is -0.506. The van der Waals surface area contributed by atoms with E-state index in [1.54, 1.807) is 4.90 Å². The number of anilines is 1. The Labute approximate surface area is 215 Å². The molecule has 1 aliphatic carbocycles. The maximum Gasteiger partial charge on any atom is 0.238 e. The van der Waals surface area contributed by atoms with Crippen LogP contribution in [0.4, 0.5) is 5.69 Å². The number of para-hydroxylation sites is 1. The zero-order valence-electron chi connectivity index (χ0n) is 20.9. The lowest BCUT2D eigenvalue weighted by molar-refractivity contribution is -0.123. The third-order valence-electron chi connectivity index (χ3n) is 7.48. The fraction of sp³-hybridized carbons (Fsp3) is 0.233. The fourth-order valence-corrected chi connectivity index (χ4v) is 5.80. The standard InChI is InChI=1S/C30H29N5O2/c1-34(2)17-20-7-5-6-19(14-20)10-13-25-22-12-11-21(15-26(22)33-32-25)24-16-30(24)23-8-3-4-9-27(23)35(29(30)37)18-28(31)36/h3-15,24H,16-18H2,1-2H3,(H2,31,36)(H,32,33)/t24-,30-/m0/s1. The molecule has 0 unspecified atom stereocenters. The molecule has 37 heavy (non-hydrogen) atoms. The fourth-order valence-electron chi connectivity index (χ4n) is 5.80. The number of benzene rings is 3. The molecule has 1 fully saturated rings. The molecule has 4 aromatic rings. The molecule has 7 heteroatoms. The molecule has 1 spiro atoms. The summed E-state index contributed by atoms with van der Waals surface area (Å²) < 4.78 is 0. The molecular formula is C30H29N5O2. The number of carbonyl (C=O) groups excluding carboxylic acids is 2. The van der Waals surface area contributed by atoms with Crippen LogP contribution in [0.1, 0.15) is 40.3 Å². The van der Waals surface area contributed by atoms with Crippen molar-refractivity contribution < 1.29 is 9.59 Å². The van der Waals surface area contributed by atoms with Gasteiger partial charge in [0.1, 0.15) is 6.54 Å². The van der Waals surface area contributed by atoms with E-state index in [0.29, 0.717) is 6.42 Å². The second-order valence-electron chi connectivity index (χ2n) is 10.3. The Morgan fingerprint density at radius 1 is 1.14 bits per heavy atom. The second-order valence-corrected chi connectivity index (χ2v) is 10.3. The predicted molar refractivity (Wildman–Crippen MR) is 146 cm³/mol. The quantitative estimate of drug-likeness (QED) is 0.408. The van der Waals surface area contributed by atoms with Crippen LogP contribution in [0, 0.1) is 0 Å². The molecule has 2 aliphatic rings. The van der Waals surface area contributed by atoms with Crippen LogP contribution in [0.15, 0.2) is 66.7 Å². The number of aromatic amines is 1. The number of carbonyl (C=O) groups is 2. The van der Waals surface area contributed by atoms with Crippen LogP contribution in [0.3, 0.4) is 0 Å². The zero-order chi connectivity index (χ0) is 25.7. The number of nitrogens with two attached hydrogens (primary N) is 1. The topological polar surface area (TPSA) is 95.3 Å². The molecule has 3 N–H and O–H groups in total. The van der Waals surface area contributed by atoms with Gasteiger partial charge in [0.2, 0.25) is 11.8 Å². The number of rotatable bonds is 7. The van der Waals surface area contributed by atoms with Crippen LogP contribution in [0.5, 0.6) is 0 Å². The van der Waals surface area contributed by atoms with Crippen LogP contribution in [0.2, 0.25) is 0 Å². The minimum Gasteiger partial charge on any atom is -0.368 e. The maximum absolute atomic E-state index is 13.5. The van der Waals surface area contributed by atoms with Gasteiger partial charge in [-0.25, -0.2) is 0 Å². The first-order chi connectivity index (χ1) is 17.9. The number of hydrogen-bond donors (Lipinski definition) is 2. The Morgan fingerprint density at radius 3 is 2.78 bits per heavy atom. The highest BCUT2D eigenvalue weighted by molar-refractivity contribution is 6.13. The Balaban J connectivity index is 1.27. The van der Waals surface area contributed by atoms with Gasteiger partial charge in [-0.3, -0.25) is 14.7 Å². The molecule has 3 aromatic carbocycles. The summed E-state index contributed by atoms with van der Waals surface area (Å²) in [5.41, 5.74) is 11.9. The highest BCUT2D eigenvalue weighted by atomic mass is 16.2. The monoisotopic (exact) mass is 491 g/mol. The van der Waals surface area contributed by atoms with Crippen molar-refractivity contribution in [2.75, 3.05) is 25.5 Å². The van der Waals surface area contributed by atoms with E-state index in [2.05, 4.69) is 77.7 Å². The van der Waals surface area contributed by atoms with Gasteiger partial charge in [0.05, 0.1) is 16.6 Å². The van der Waals surface area contributed by atoms with Crippen molar-refractivity contribution in [3.63, 3.8) is 0 Å². The van der Waals surface area contributed by atoms with Crippen molar-refractivity contribution in [2.45, 2.75) is 24.3 Å². The molecule has 0 radical (unpaired) electrons. The van der Waals surface area contributed by atoms with Crippen molar-refractivity contribution in [3.8, 4) is 0 Å². The van der Waals surface area contributed by atoms with E-state index < -0.39 is 11.3 Å². The molecule has 0 saturated heterocycles. The summed E-state index contributed by atoms with van der Waals surface area (Å²) in [6.45, 7) is 0.795. The summed E-state index contributed by atoms with van der Waals surface area (Å²) >= 11 is 0. The number of nitrogens with one attached hydrogen (secondary N) is 1. The van der Waals surface area contributed by atoms with Gasteiger partial charge in [-0.05, 0) is 61.0 Å². The number of fused-ring (bicyclic) bond motifs is 3.